The van der Waals surface area contributed by atoms with Gasteiger partial charge in [0.25, 0.3) is 0 Å². The topological polar surface area (TPSA) is 52.6 Å². The van der Waals surface area contributed by atoms with Crippen molar-refractivity contribution in [2.45, 2.75) is 156 Å². The van der Waals surface area contributed by atoms with Gasteiger partial charge in [-0.25, -0.2) is 0 Å². The quantitative estimate of drug-likeness (QED) is 0.120. The van der Waals surface area contributed by atoms with E-state index in [-0.39, 0.29) is 11.9 Å². The fraction of sp³-hybridized carbons (Fsp3) is 0.929. The SMILES string of the molecule is CCCCCCCCCC(=O)OCCCC.CCCCCCCCCC(=O)OCCCC. The summed E-state index contributed by atoms with van der Waals surface area (Å²) in [7, 11) is 0. The van der Waals surface area contributed by atoms with Gasteiger partial charge in [0.1, 0.15) is 0 Å². The van der Waals surface area contributed by atoms with E-state index in [9.17, 15) is 9.59 Å². The Balaban J connectivity index is 0. The van der Waals surface area contributed by atoms with E-state index in [1.54, 1.807) is 0 Å². The summed E-state index contributed by atoms with van der Waals surface area (Å²) in [6.07, 6.45) is 22.9. The van der Waals surface area contributed by atoms with Crippen molar-refractivity contribution in [1.82, 2.24) is 0 Å². The van der Waals surface area contributed by atoms with Crippen LogP contribution in [0.3, 0.4) is 0 Å². The molecule has 0 aliphatic carbocycles. The lowest BCUT2D eigenvalue weighted by molar-refractivity contribution is -0.144. The Kier molecular flexibility index (Phi) is 31.0. The molecule has 0 radical (unpaired) electrons. The first-order valence-electron chi connectivity index (χ1n) is 13.9. The van der Waals surface area contributed by atoms with E-state index in [4.69, 9.17) is 9.47 Å². The number of hydrogen-bond donors (Lipinski definition) is 0. The lowest BCUT2D eigenvalue weighted by atomic mass is 10.1. The molecule has 0 bridgehead atoms. The highest BCUT2D eigenvalue weighted by Crippen LogP contribution is 2.10. The standard InChI is InChI=1S/2C14H28O2/c2*1-3-5-7-8-9-10-11-12-14(15)16-13-6-4-2/h2*3-13H2,1-2H3. The number of esters is 2. The van der Waals surface area contributed by atoms with Crippen molar-refractivity contribution in [3.63, 3.8) is 0 Å². The van der Waals surface area contributed by atoms with Crippen LogP contribution in [0.2, 0.25) is 0 Å². The van der Waals surface area contributed by atoms with Crippen LogP contribution in [-0.2, 0) is 19.1 Å². The molecule has 0 N–H and O–H groups in total. The summed E-state index contributed by atoms with van der Waals surface area (Å²) in [4.78, 5) is 22.5. The second-order valence-corrected chi connectivity index (χ2v) is 8.89. The minimum absolute atomic E-state index is 0.0120. The van der Waals surface area contributed by atoms with Crippen LogP contribution < -0.4 is 0 Å². The van der Waals surface area contributed by atoms with E-state index >= 15 is 0 Å². The van der Waals surface area contributed by atoms with Crippen LogP contribution in [0.15, 0.2) is 0 Å². The first kappa shape index (κ1) is 33.1. The number of rotatable bonds is 22. The summed E-state index contributed by atoms with van der Waals surface area (Å²) in [5.41, 5.74) is 0. The minimum atomic E-state index is -0.0120. The molecule has 0 saturated heterocycles. The predicted molar refractivity (Wildman–Crippen MR) is 137 cm³/mol. The molecule has 0 saturated carbocycles. The minimum Gasteiger partial charge on any atom is -0.466 e. The fourth-order valence-corrected chi connectivity index (χ4v) is 3.26. The Morgan fingerprint density at radius 3 is 1.00 bits per heavy atom. The Morgan fingerprint density at radius 2 is 0.688 bits per heavy atom. The van der Waals surface area contributed by atoms with Gasteiger partial charge in [0.15, 0.2) is 0 Å². The third-order valence-electron chi connectivity index (χ3n) is 5.49. The monoisotopic (exact) mass is 456 g/mol. The Bertz CT molecular complexity index is 346. The van der Waals surface area contributed by atoms with Gasteiger partial charge < -0.3 is 9.47 Å². The first-order chi connectivity index (χ1) is 15.6. The highest BCUT2D eigenvalue weighted by Gasteiger charge is 2.02. The maximum Gasteiger partial charge on any atom is 0.305 e. The van der Waals surface area contributed by atoms with Crippen molar-refractivity contribution in [1.29, 1.82) is 0 Å². The Labute approximate surface area is 200 Å². The lowest BCUT2D eigenvalue weighted by Crippen LogP contribution is -2.05. The predicted octanol–water partition coefficient (Wildman–Crippen LogP) is 8.94. The molecule has 0 heterocycles. The van der Waals surface area contributed by atoms with E-state index in [1.165, 1.54) is 77.0 Å². The molecule has 0 aromatic carbocycles. The van der Waals surface area contributed by atoms with Crippen LogP contribution >= 0.6 is 0 Å². The van der Waals surface area contributed by atoms with Crippen LogP contribution in [-0.4, -0.2) is 25.2 Å². The van der Waals surface area contributed by atoms with Gasteiger partial charge >= 0.3 is 11.9 Å². The van der Waals surface area contributed by atoms with Crippen molar-refractivity contribution in [3.8, 4) is 0 Å². The molecule has 0 fully saturated rings. The van der Waals surface area contributed by atoms with Gasteiger partial charge in [0.05, 0.1) is 13.2 Å². The maximum atomic E-state index is 11.2. The maximum absolute atomic E-state index is 11.2. The normalized spacial score (nSPS) is 10.4. The number of hydrogen-bond acceptors (Lipinski definition) is 4. The molecule has 0 amide bonds. The highest BCUT2D eigenvalue weighted by atomic mass is 16.5. The van der Waals surface area contributed by atoms with E-state index in [0.717, 1.165) is 38.5 Å². The second-order valence-electron chi connectivity index (χ2n) is 8.89. The molecular formula is C28H56O4. The zero-order chi connectivity index (χ0) is 24.1. The molecule has 0 unspecified atom stereocenters. The molecule has 4 nitrogen and oxygen atoms in total. The molecular weight excluding hydrogens is 400 g/mol. The smallest absolute Gasteiger partial charge is 0.305 e. The zero-order valence-electron chi connectivity index (χ0n) is 22.2. The summed E-state index contributed by atoms with van der Waals surface area (Å²) >= 11 is 0. The van der Waals surface area contributed by atoms with Gasteiger partial charge in [0.2, 0.25) is 0 Å². The first-order valence-corrected chi connectivity index (χ1v) is 13.9. The van der Waals surface area contributed by atoms with Gasteiger partial charge in [-0.3, -0.25) is 9.59 Å². The average molecular weight is 457 g/mol. The summed E-state index contributed by atoms with van der Waals surface area (Å²) in [5, 5.41) is 0. The third kappa shape index (κ3) is 31.1. The van der Waals surface area contributed by atoms with Crippen LogP contribution in [0.4, 0.5) is 0 Å². The van der Waals surface area contributed by atoms with Crippen molar-refractivity contribution >= 4 is 11.9 Å². The third-order valence-corrected chi connectivity index (χ3v) is 5.49. The van der Waals surface area contributed by atoms with Crippen molar-refractivity contribution < 1.29 is 19.1 Å². The van der Waals surface area contributed by atoms with Crippen LogP contribution in [0.1, 0.15) is 156 Å². The fourth-order valence-electron chi connectivity index (χ4n) is 3.26. The summed E-state index contributed by atoms with van der Waals surface area (Å²) in [6, 6.07) is 0. The molecule has 32 heavy (non-hydrogen) atoms. The molecule has 4 heteroatoms. The van der Waals surface area contributed by atoms with Crippen LogP contribution in [0.5, 0.6) is 0 Å². The van der Waals surface area contributed by atoms with Crippen LogP contribution in [0.25, 0.3) is 0 Å². The van der Waals surface area contributed by atoms with Crippen LogP contribution in [0, 0.1) is 0 Å². The molecule has 192 valence electrons. The van der Waals surface area contributed by atoms with Crippen molar-refractivity contribution in [3.05, 3.63) is 0 Å². The number of carbonyl (C=O) groups excluding carboxylic acids is 2. The van der Waals surface area contributed by atoms with E-state index in [1.807, 2.05) is 0 Å². The summed E-state index contributed by atoms with van der Waals surface area (Å²) in [6.45, 7) is 9.87. The number of unbranched alkanes of at least 4 members (excludes halogenated alkanes) is 14. The molecule has 0 aliphatic rings. The largest absolute Gasteiger partial charge is 0.466 e. The molecule has 0 aliphatic heterocycles. The van der Waals surface area contributed by atoms with E-state index in [2.05, 4.69) is 27.7 Å². The molecule has 0 atom stereocenters. The van der Waals surface area contributed by atoms with Gasteiger partial charge in [-0.2, -0.15) is 0 Å². The second kappa shape index (κ2) is 29.9. The summed E-state index contributed by atoms with van der Waals surface area (Å²) < 4.78 is 10.2. The van der Waals surface area contributed by atoms with E-state index < -0.39 is 0 Å². The number of ether oxygens (including phenoxy) is 2. The van der Waals surface area contributed by atoms with Crippen molar-refractivity contribution in [2.75, 3.05) is 13.2 Å². The lowest BCUT2D eigenvalue weighted by Gasteiger charge is -2.03. The highest BCUT2D eigenvalue weighted by molar-refractivity contribution is 5.69. The Morgan fingerprint density at radius 1 is 0.406 bits per heavy atom. The Hall–Kier alpha value is -1.06. The van der Waals surface area contributed by atoms with Crippen molar-refractivity contribution in [2.24, 2.45) is 0 Å². The van der Waals surface area contributed by atoms with Gasteiger partial charge in [0, 0.05) is 12.8 Å². The molecule has 0 rings (SSSR count). The molecule has 0 aromatic heterocycles. The zero-order valence-corrected chi connectivity index (χ0v) is 22.2. The average Bonchev–Trinajstić information content (AvgIpc) is 2.79. The summed E-state index contributed by atoms with van der Waals surface area (Å²) in [5.74, 6) is -0.0241. The van der Waals surface area contributed by atoms with Gasteiger partial charge in [-0.05, 0) is 25.7 Å². The number of carbonyl (C=O) groups is 2. The molecule has 0 spiro atoms. The van der Waals surface area contributed by atoms with E-state index in [0.29, 0.717) is 26.1 Å². The van der Waals surface area contributed by atoms with Gasteiger partial charge in [-0.15, -0.1) is 0 Å². The molecule has 0 aromatic rings. The van der Waals surface area contributed by atoms with Gasteiger partial charge in [-0.1, -0.05) is 118 Å².